The van der Waals surface area contributed by atoms with Gasteiger partial charge in [0, 0.05) is 5.41 Å². The van der Waals surface area contributed by atoms with Crippen LogP contribution in [-0.4, -0.2) is 42.6 Å². The molecule has 0 bridgehead atoms. The van der Waals surface area contributed by atoms with Crippen LogP contribution in [0, 0.1) is 5.41 Å². The summed E-state index contributed by atoms with van der Waals surface area (Å²) in [5, 5.41) is 5.72. The maximum atomic E-state index is 11.8. The lowest BCUT2D eigenvalue weighted by Crippen LogP contribution is -2.33. The van der Waals surface area contributed by atoms with Crippen molar-refractivity contribution in [3.8, 4) is 0 Å². The van der Waals surface area contributed by atoms with E-state index in [9.17, 15) is 13.2 Å². The van der Waals surface area contributed by atoms with Crippen LogP contribution in [0.1, 0.15) is 33.6 Å². The van der Waals surface area contributed by atoms with Gasteiger partial charge in [0.15, 0.2) is 9.84 Å². The molecular weight excluding hydrogens is 240 g/mol. The number of amides is 1. The monoisotopic (exact) mass is 258 g/mol. The topological polar surface area (TPSA) is 66.8 Å². The Bertz CT molecular complexity index is 473. The molecule has 1 amide bonds. The quantitative estimate of drug-likeness (QED) is 0.699. The van der Waals surface area contributed by atoms with Gasteiger partial charge in [0.2, 0.25) is 5.91 Å². The molecule has 1 atom stereocenters. The van der Waals surface area contributed by atoms with Gasteiger partial charge in [-0.25, -0.2) is 13.4 Å². The van der Waals surface area contributed by atoms with Crippen molar-refractivity contribution in [2.75, 3.05) is 11.5 Å². The lowest BCUT2D eigenvalue weighted by Gasteiger charge is -2.19. The summed E-state index contributed by atoms with van der Waals surface area (Å²) in [4.78, 5) is 11.8. The Labute approximate surface area is 102 Å². The van der Waals surface area contributed by atoms with E-state index in [0.717, 1.165) is 5.71 Å². The van der Waals surface area contributed by atoms with Crippen molar-refractivity contribution in [2.45, 2.75) is 39.7 Å². The van der Waals surface area contributed by atoms with Gasteiger partial charge in [-0.05, 0) is 6.42 Å². The summed E-state index contributed by atoms with van der Waals surface area (Å²) in [6, 6.07) is -0.257. The second-order valence-corrected chi connectivity index (χ2v) is 8.00. The summed E-state index contributed by atoms with van der Waals surface area (Å²) in [6.07, 6.45) is 0.828. The standard InChI is InChI=1S/C11H18N2O3S/c1-11(2,3)9-6-10(14)13(12-9)8-4-5-17(15,16)7-8/h8H,4-7H2,1-3H3. The van der Waals surface area contributed by atoms with Crippen LogP contribution < -0.4 is 0 Å². The Balaban J connectivity index is 2.18. The Morgan fingerprint density at radius 1 is 1.35 bits per heavy atom. The molecule has 1 fully saturated rings. The molecule has 0 aromatic rings. The maximum absolute atomic E-state index is 11.8. The van der Waals surface area contributed by atoms with Crippen LogP contribution >= 0.6 is 0 Å². The Morgan fingerprint density at radius 2 is 2.00 bits per heavy atom. The number of carbonyl (C=O) groups is 1. The molecule has 17 heavy (non-hydrogen) atoms. The van der Waals surface area contributed by atoms with Gasteiger partial charge in [0.25, 0.3) is 0 Å². The second kappa shape index (κ2) is 3.80. The average Bonchev–Trinajstić information content (AvgIpc) is 2.68. The maximum Gasteiger partial charge on any atom is 0.248 e. The van der Waals surface area contributed by atoms with Crippen molar-refractivity contribution in [3.05, 3.63) is 0 Å². The van der Waals surface area contributed by atoms with E-state index < -0.39 is 9.84 Å². The molecule has 0 spiro atoms. The predicted octanol–water partition coefficient (Wildman–Crippen LogP) is 0.808. The number of rotatable bonds is 1. The van der Waals surface area contributed by atoms with Crippen molar-refractivity contribution < 1.29 is 13.2 Å². The van der Waals surface area contributed by atoms with Crippen LogP contribution in [0.5, 0.6) is 0 Å². The van der Waals surface area contributed by atoms with Gasteiger partial charge >= 0.3 is 0 Å². The van der Waals surface area contributed by atoms with Crippen molar-refractivity contribution in [2.24, 2.45) is 10.5 Å². The van der Waals surface area contributed by atoms with Crippen LogP contribution in [0.3, 0.4) is 0 Å². The highest BCUT2D eigenvalue weighted by molar-refractivity contribution is 7.91. The highest BCUT2D eigenvalue weighted by Crippen LogP contribution is 2.28. The largest absolute Gasteiger partial charge is 0.273 e. The van der Waals surface area contributed by atoms with Gasteiger partial charge in [-0.2, -0.15) is 5.10 Å². The highest BCUT2D eigenvalue weighted by atomic mass is 32.2. The van der Waals surface area contributed by atoms with E-state index in [1.165, 1.54) is 5.01 Å². The third-order valence-corrected chi connectivity index (χ3v) is 4.97. The SMILES string of the molecule is CC(C)(C)C1=NN(C2CCS(=O)(=O)C2)C(=O)C1. The molecule has 2 aliphatic heterocycles. The minimum atomic E-state index is -2.97. The van der Waals surface area contributed by atoms with Gasteiger partial charge in [-0.3, -0.25) is 4.79 Å². The van der Waals surface area contributed by atoms with E-state index in [1.54, 1.807) is 0 Å². The number of hydrazone groups is 1. The summed E-state index contributed by atoms with van der Waals surface area (Å²) in [5.74, 6) is 0.151. The smallest absolute Gasteiger partial charge is 0.248 e. The number of sulfone groups is 1. The fraction of sp³-hybridized carbons (Fsp3) is 0.818. The van der Waals surface area contributed by atoms with Crippen molar-refractivity contribution >= 4 is 21.5 Å². The lowest BCUT2D eigenvalue weighted by molar-refractivity contribution is -0.130. The van der Waals surface area contributed by atoms with Gasteiger partial charge in [-0.1, -0.05) is 20.8 Å². The number of hydrogen-bond donors (Lipinski definition) is 0. The summed E-state index contributed by atoms with van der Waals surface area (Å²) in [6.45, 7) is 6.02. The molecule has 0 aromatic carbocycles. The van der Waals surface area contributed by atoms with E-state index in [-0.39, 0.29) is 28.9 Å². The summed E-state index contributed by atoms with van der Waals surface area (Å²) in [5.41, 5.74) is 0.703. The van der Waals surface area contributed by atoms with E-state index >= 15 is 0 Å². The fourth-order valence-corrected chi connectivity index (χ4v) is 3.81. The molecule has 0 N–H and O–H groups in total. The zero-order chi connectivity index (χ0) is 12.8. The van der Waals surface area contributed by atoms with Crippen LogP contribution in [0.25, 0.3) is 0 Å². The molecule has 0 aromatic heterocycles. The average molecular weight is 258 g/mol. The molecule has 0 radical (unpaired) electrons. The van der Waals surface area contributed by atoms with Gasteiger partial charge < -0.3 is 0 Å². The van der Waals surface area contributed by atoms with Crippen LogP contribution in [0.15, 0.2) is 5.10 Å². The summed E-state index contributed by atoms with van der Waals surface area (Å²) < 4.78 is 22.8. The van der Waals surface area contributed by atoms with E-state index in [0.29, 0.717) is 12.8 Å². The first-order valence-corrected chi connectivity index (χ1v) is 7.62. The summed E-state index contributed by atoms with van der Waals surface area (Å²) >= 11 is 0. The number of nitrogens with zero attached hydrogens (tertiary/aromatic N) is 2. The zero-order valence-electron chi connectivity index (χ0n) is 10.4. The van der Waals surface area contributed by atoms with E-state index in [1.807, 2.05) is 20.8 Å². The van der Waals surface area contributed by atoms with Gasteiger partial charge in [-0.15, -0.1) is 0 Å². The number of carbonyl (C=O) groups excluding carboxylic acids is 1. The van der Waals surface area contributed by atoms with Gasteiger partial charge in [0.05, 0.1) is 29.7 Å². The molecule has 2 rings (SSSR count). The molecule has 2 heterocycles. The molecular formula is C11H18N2O3S. The van der Waals surface area contributed by atoms with Crippen LogP contribution in [0.4, 0.5) is 0 Å². The zero-order valence-corrected chi connectivity index (χ0v) is 11.2. The Morgan fingerprint density at radius 3 is 2.41 bits per heavy atom. The van der Waals surface area contributed by atoms with Crippen LogP contribution in [-0.2, 0) is 14.6 Å². The molecule has 0 saturated carbocycles. The first kappa shape index (κ1) is 12.5. The van der Waals surface area contributed by atoms with E-state index in [2.05, 4.69) is 5.10 Å². The minimum absolute atomic E-state index is 0.0552. The Hall–Kier alpha value is -0.910. The molecule has 6 heteroatoms. The van der Waals surface area contributed by atoms with Gasteiger partial charge in [0.1, 0.15) is 0 Å². The first-order chi connectivity index (χ1) is 7.69. The highest BCUT2D eigenvalue weighted by Gasteiger charge is 2.39. The molecule has 2 aliphatic rings. The molecule has 0 aliphatic carbocycles. The lowest BCUT2D eigenvalue weighted by atomic mass is 9.88. The number of hydrogen-bond acceptors (Lipinski definition) is 4. The van der Waals surface area contributed by atoms with E-state index in [4.69, 9.17) is 0 Å². The fourth-order valence-electron chi connectivity index (χ4n) is 2.11. The first-order valence-electron chi connectivity index (χ1n) is 5.79. The summed E-state index contributed by atoms with van der Waals surface area (Å²) in [7, 11) is -2.97. The second-order valence-electron chi connectivity index (χ2n) is 5.77. The molecule has 1 saturated heterocycles. The third kappa shape index (κ3) is 2.51. The van der Waals surface area contributed by atoms with Crippen molar-refractivity contribution in [1.82, 2.24) is 5.01 Å². The van der Waals surface area contributed by atoms with Crippen molar-refractivity contribution in [3.63, 3.8) is 0 Å². The molecule has 96 valence electrons. The normalized spacial score (nSPS) is 28.6. The van der Waals surface area contributed by atoms with Crippen molar-refractivity contribution in [1.29, 1.82) is 0 Å². The molecule has 1 unspecified atom stereocenters. The Kier molecular flexibility index (Phi) is 2.80. The molecule has 5 nitrogen and oxygen atoms in total. The third-order valence-electron chi connectivity index (χ3n) is 3.22. The minimum Gasteiger partial charge on any atom is -0.273 e. The predicted molar refractivity (Wildman–Crippen MR) is 65.4 cm³/mol. The van der Waals surface area contributed by atoms with Crippen LogP contribution in [0.2, 0.25) is 0 Å².